The highest BCUT2D eigenvalue weighted by molar-refractivity contribution is 5.55. The van der Waals surface area contributed by atoms with Crippen molar-refractivity contribution in [2.24, 2.45) is 5.41 Å². The normalized spacial score (nSPS) is 18.2. The number of pyridine rings is 1. The minimum Gasteiger partial charge on any atom is -0.380 e. The van der Waals surface area contributed by atoms with Gasteiger partial charge in [0.1, 0.15) is 11.2 Å². The van der Waals surface area contributed by atoms with E-state index in [0.29, 0.717) is 28.8 Å². The van der Waals surface area contributed by atoms with Crippen LogP contribution in [0.5, 0.6) is 0 Å². The van der Waals surface area contributed by atoms with E-state index in [2.05, 4.69) is 60.0 Å². The van der Waals surface area contributed by atoms with Crippen molar-refractivity contribution in [3.8, 4) is 11.5 Å². The van der Waals surface area contributed by atoms with E-state index in [1.807, 2.05) is 32.0 Å². The summed E-state index contributed by atoms with van der Waals surface area (Å²) in [7, 11) is 3.68. The lowest BCUT2D eigenvalue weighted by Crippen LogP contribution is -2.63. The summed E-state index contributed by atoms with van der Waals surface area (Å²) >= 11 is 0. The summed E-state index contributed by atoms with van der Waals surface area (Å²) in [6.45, 7) is 11.8. The molecule has 0 saturated carbocycles. The Morgan fingerprint density at radius 1 is 1.12 bits per heavy atom. The fourth-order valence-electron chi connectivity index (χ4n) is 4.78. The maximum absolute atomic E-state index is 12.4. The molecule has 1 aliphatic heterocycles. The van der Waals surface area contributed by atoms with Gasteiger partial charge in [0.05, 0.1) is 5.56 Å². The van der Waals surface area contributed by atoms with Crippen LogP contribution in [0.3, 0.4) is 0 Å². The van der Waals surface area contributed by atoms with Crippen molar-refractivity contribution in [2.75, 3.05) is 27.2 Å². The first-order valence-electron chi connectivity index (χ1n) is 11.4. The summed E-state index contributed by atoms with van der Waals surface area (Å²) in [6.07, 6.45) is 3.41. The minimum atomic E-state index is -1.23. The molecule has 4 rings (SSSR count). The molecule has 1 N–H and O–H groups in total. The van der Waals surface area contributed by atoms with Crippen LogP contribution in [0.15, 0.2) is 47.2 Å². The molecule has 0 radical (unpaired) electrons. The molecule has 2 aromatic heterocycles. The van der Waals surface area contributed by atoms with Gasteiger partial charge in [-0.1, -0.05) is 50.2 Å². The van der Waals surface area contributed by atoms with Crippen LogP contribution in [0.4, 0.5) is 0 Å². The summed E-state index contributed by atoms with van der Waals surface area (Å²) in [5.74, 6) is 1.22. The number of hydrogen-bond acceptors (Lipinski definition) is 7. The lowest BCUT2D eigenvalue weighted by molar-refractivity contribution is -0.127. The van der Waals surface area contributed by atoms with Gasteiger partial charge in [0, 0.05) is 43.6 Å². The number of aromatic nitrogens is 3. The molecule has 1 atom stereocenters. The van der Waals surface area contributed by atoms with Crippen LogP contribution < -0.4 is 0 Å². The molecule has 1 aliphatic rings. The average Bonchev–Trinajstić information content (AvgIpc) is 3.29. The van der Waals surface area contributed by atoms with Gasteiger partial charge in [0.2, 0.25) is 5.82 Å². The quantitative estimate of drug-likeness (QED) is 0.574. The highest BCUT2D eigenvalue weighted by Crippen LogP contribution is 2.50. The first-order chi connectivity index (χ1) is 15.5. The summed E-state index contributed by atoms with van der Waals surface area (Å²) in [5, 5.41) is 16.5. The van der Waals surface area contributed by atoms with Gasteiger partial charge in [-0.3, -0.25) is 4.98 Å². The Labute approximate surface area is 195 Å². The number of nitrogens with zero attached hydrogens (tertiary/aromatic N) is 4. The van der Waals surface area contributed by atoms with Crippen molar-refractivity contribution in [2.45, 2.75) is 51.7 Å². The number of rotatable bonds is 7. The van der Waals surface area contributed by atoms with E-state index in [1.165, 1.54) is 5.56 Å². The zero-order valence-corrected chi connectivity index (χ0v) is 20.6. The second kappa shape index (κ2) is 8.31. The molecule has 7 nitrogen and oxygen atoms in total. The summed E-state index contributed by atoms with van der Waals surface area (Å²) in [4.78, 5) is 11.2. The molecule has 3 aromatic rings. The van der Waals surface area contributed by atoms with E-state index >= 15 is 0 Å². The molecule has 1 fully saturated rings. The third kappa shape index (κ3) is 3.98. The van der Waals surface area contributed by atoms with Gasteiger partial charge < -0.3 is 19.3 Å². The van der Waals surface area contributed by atoms with Crippen molar-refractivity contribution in [1.82, 2.24) is 20.0 Å². The molecule has 0 aliphatic carbocycles. The molecule has 1 saturated heterocycles. The predicted octanol–water partition coefficient (Wildman–Crippen LogP) is 4.32. The molecular weight excluding hydrogens is 416 g/mol. The van der Waals surface area contributed by atoms with Crippen molar-refractivity contribution in [1.29, 1.82) is 0 Å². The van der Waals surface area contributed by atoms with Crippen LogP contribution >= 0.6 is 0 Å². The van der Waals surface area contributed by atoms with Gasteiger partial charge >= 0.3 is 0 Å². The molecular formula is C26H34N4O3. The number of likely N-dealkylation sites (tertiary alicyclic amines) is 1. The second-order valence-corrected chi connectivity index (χ2v) is 10.3. The summed E-state index contributed by atoms with van der Waals surface area (Å²) < 4.78 is 11.0. The largest absolute Gasteiger partial charge is 0.380 e. The smallest absolute Gasteiger partial charge is 0.259 e. The summed E-state index contributed by atoms with van der Waals surface area (Å²) in [5.41, 5.74) is 1.18. The van der Waals surface area contributed by atoms with Gasteiger partial charge in [0.15, 0.2) is 0 Å². The van der Waals surface area contributed by atoms with Crippen molar-refractivity contribution in [3.63, 3.8) is 0 Å². The van der Waals surface area contributed by atoms with Gasteiger partial charge in [-0.2, -0.15) is 4.98 Å². The van der Waals surface area contributed by atoms with Crippen LogP contribution in [-0.4, -0.2) is 52.4 Å². The Hall–Kier alpha value is -2.61. The first kappa shape index (κ1) is 23.5. The highest BCUT2D eigenvalue weighted by atomic mass is 16.5. The highest BCUT2D eigenvalue weighted by Gasteiger charge is 2.55. The van der Waals surface area contributed by atoms with E-state index in [-0.39, 0.29) is 5.41 Å². The third-order valence-electron chi connectivity index (χ3n) is 6.98. The number of hydrogen-bond donors (Lipinski definition) is 1. The molecule has 0 spiro atoms. The minimum absolute atomic E-state index is 0.345. The van der Waals surface area contributed by atoms with Crippen LogP contribution in [0, 0.1) is 5.41 Å². The number of aliphatic hydroxyl groups is 1. The van der Waals surface area contributed by atoms with Gasteiger partial charge in [-0.25, -0.2) is 0 Å². The fraction of sp³-hybridized carbons (Fsp3) is 0.500. The zero-order valence-electron chi connectivity index (χ0n) is 20.6. The topological polar surface area (TPSA) is 84.5 Å². The van der Waals surface area contributed by atoms with E-state index in [0.717, 1.165) is 18.7 Å². The molecule has 1 aromatic carbocycles. The standard InChI is InChI=1S/C26H34N4O3/c1-17(2)18-8-10-20(11-9-18)26(31,25(5)15-30(6)16-25)21-12-19(13-27-14-21)22-28-23(29-33-22)24(3,4)32-7/h8-14,17,31H,15-16H2,1-7H3. The molecule has 176 valence electrons. The second-order valence-electron chi connectivity index (χ2n) is 10.3. The van der Waals surface area contributed by atoms with E-state index in [9.17, 15) is 5.11 Å². The lowest BCUT2D eigenvalue weighted by Gasteiger charge is -2.55. The maximum Gasteiger partial charge on any atom is 0.259 e. The van der Waals surface area contributed by atoms with E-state index < -0.39 is 11.2 Å². The van der Waals surface area contributed by atoms with E-state index in [1.54, 1.807) is 19.5 Å². The number of methoxy groups -OCH3 is 1. The maximum atomic E-state index is 12.4. The van der Waals surface area contributed by atoms with Gasteiger partial charge in [-0.05, 0) is 44.0 Å². The van der Waals surface area contributed by atoms with Crippen LogP contribution in [0.25, 0.3) is 11.5 Å². The Morgan fingerprint density at radius 3 is 2.36 bits per heavy atom. The zero-order chi connectivity index (χ0) is 24.0. The monoisotopic (exact) mass is 450 g/mol. The molecule has 7 heteroatoms. The summed E-state index contributed by atoms with van der Waals surface area (Å²) in [6, 6.07) is 10.2. The lowest BCUT2D eigenvalue weighted by atomic mass is 9.62. The molecule has 33 heavy (non-hydrogen) atoms. The van der Waals surface area contributed by atoms with Crippen LogP contribution in [0.1, 0.15) is 63.1 Å². The Morgan fingerprint density at radius 2 is 1.79 bits per heavy atom. The average molecular weight is 451 g/mol. The molecule has 0 amide bonds. The molecule has 3 heterocycles. The Balaban J connectivity index is 1.79. The molecule has 1 unspecified atom stereocenters. The van der Waals surface area contributed by atoms with Crippen molar-refractivity contribution in [3.05, 3.63) is 65.2 Å². The van der Waals surface area contributed by atoms with Gasteiger partial charge in [0.25, 0.3) is 5.89 Å². The van der Waals surface area contributed by atoms with Crippen LogP contribution in [-0.2, 0) is 15.9 Å². The van der Waals surface area contributed by atoms with Crippen LogP contribution in [0.2, 0.25) is 0 Å². The number of ether oxygens (including phenoxy) is 1. The van der Waals surface area contributed by atoms with Crippen molar-refractivity contribution >= 4 is 0 Å². The molecule has 0 bridgehead atoms. The SMILES string of the molecule is COC(C)(C)c1noc(-c2cncc(C(O)(c3ccc(C(C)C)cc3)C3(C)CN(C)C3)c2)n1. The predicted molar refractivity (Wildman–Crippen MR) is 127 cm³/mol. The van der Waals surface area contributed by atoms with Crippen molar-refractivity contribution < 1.29 is 14.4 Å². The Kier molecular flexibility index (Phi) is 5.93. The Bertz CT molecular complexity index is 1120. The first-order valence-corrected chi connectivity index (χ1v) is 11.4. The van der Waals surface area contributed by atoms with Gasteiger partial charge in [-0.15, -0.1) is 0 Å². The number of benzene rings is 1. The fourth-order valence-corrected chi connectivity index (χ4v) is 4.78. The van der Waals surface area contributed by atoms with E-state index in [4.69, 9.17) is 9.26 Å². The third-order valence-corrected chi connectivity index (χ3v) is 6.98.